The summed E-state index contributed by atoms with van der Waals surface area (Å²) in [4.78, 5) is 16.4. The van der Waals surface area contributed by atoms with Gasteiger partial charge in [0.05, 0.1) is 35.9 Å². The summed E-state index contributed by atoms with van der Waals surface area (Å²) in [6, 6.07) is 5.98. The van der Waals surface area contributed by atoms with Crippen LogP contribution in [0.15, 0.2) is 35.0 Å². The van der Waals surface area contributed by atoms with Crippen LogP contribution in [0, 0.1) is 13.8 Å². The van der Waals surface area contributed by atoms with Crippen molar-refractivity contribution in [2.75, 3.05) is 11.9 Å². The number of aryl methyl sites for hydroxylation is 3. The summed E-state index contributed by atoms with van der Waals surface area (Å²) in [6.07, 6.45) is 4.51. The molecule has 1 atom stereocenters. The third-order valence-corrected chi connectivity index (χ3v) is 5.87. The first-order valence-electron chi connectivity index (χ1n) is 10.7. The zero-order chi connectivity index (χ0) is 22.2. The van der Waals surface area contributed by atoms with Crippen LogP contribution in [0.4, 0.5) is 5.69 Å². The Labute approximate surface area is 184 Å². The summed E-state index contributed by atoms with van der Waals surface area (Å²) in [6.45, 7) is 7.22. The average molecular weight is 432 g/mol. The summed E-state index contributed by atoms with van der Waals surface area (Å²) in [5, 5.41) is 17.4. The summed E-state index contributed by atoms with van der Waals surface area (Å²) in [7, 11) is 0. The van der Waals surface area contributed by atoms with Gasteiger partial charge in [0, 0.05) is 30.8 Å². The number of benzene rings is 1. The molecule has 0 bridgehead atoms. The number of fused-ring (bicyclic) bond motifs is 1. The van der Waals surface area contributed by atoms with E-state index in [0.29, 0.717) is 43.3 Å². The Morgan fingerprint density at radius 1 is 1.16 bits per heavy atom. The lowest BCUT2D eigenvalue weighted by atomic mass is 10.1. The number of aromatic nitrogens is 5. The highest BCUT2D eigenvalue weighted by Gasteiger charge is 2.25. The second kappa shape index (κ2) is 8.07. The van der Waals surface area contributed by atoms with Gasteiger partial charge in [0.25, 0.3) is 5.89 Å². The fourth-order valence-electron chi connectivity index (χ4n) is 3.90. The lowest BCUT2D eigenvalue weighted by Gasteiger charge is -2.24. The summed E-state index contributed by atoms with van der Waals surface area (Å²) < 4.78 is 13.0. The van der Waals surface area contributed by atoms with E-state index in [0.717, 1.165) is 27.8 Å². The maximum Gasteiger partial charge on any atom is 0.307 e. The topological polar surface area (TPSA) is 108 Å². The normalized spacial score (nSPS) is 16.3. The van der Waals surface area contributed by atoms with Crippen LogP contribution in [0.5, 0.6) is 0 Å². The Morgan fingerprint density at radius 2 is 2.00 bits per heavy atom. The Kier molecular flexibility index (Phi) is 5.08. The molecule has 5 rings (SSSR count). The van der Waals surface area contributed by atoms with Gasteiger partial charge in [-0.15, -0.1) is 10.2 Å². The van der Waals surface area contributed by atoms with Crippen molar-refractivity contribution in [2.45, 2.75) is 46.2 Å². The van der Waals surface area contributed by atoms with Gasteiger partial charge in [-0.05, 0) is 44.0 Å². The van der Waals surface area contributed by atoms with E-state index >= 15 is 0 Å². The highest BCUT2D eigenvalue weighted by Crippen LogP contribution is 2.35. The number of rotatable bonds is 5. The predicted octanol–water partition coefficient (Wildman–Crippen LogP) is 3.90. The maximum atomic E-state index is 11.8. The minimum atomic E-state index is -0.209. The van der Waals surface area contributed by atoms with Gasteiger partial charge < -0.3 is 14.5 Å². The SMILES string of the molecule is CCn1ncc2c(NC3CCOC(=O)C3)c(-c3nnc(-c4ccc(C)c(C)c4)o3)cnc21. The minimum Gasteiger partial charge on any atom is -0.466 e. The van der Waals surface area contributed by atoms with Crippen LogP contribution in [-0.2, 0) is 16.1 Å². The van der Waals surface area contributed by atoms with Crippen molar-refractivity contribution in [3.63, 3.8) is 0 Å². The average Bonchev–Trinajstić information content (AvgIpc) is 3.43. The van der Waals surface area contributed by atoms with Gasteiger partial charge >= 0.3 is 5.97 Å². The number of hydrogen-bond acceptors (Lipinski definition) is 8. The number of ether oxygens (including phenoxy) is 1. The van der Waals surface area contributed by atoms with Crippen molar-refractivity contribution in [1.82, 2.24) is 25.0 Å². The summed E-state index contributed by atoms with van der Waals surface area (Å²) in [5.41, 5.74) is 5.44. The zero-order valence-corrected chi connectivity index (χ0v) is 18.3. The maximum absolute atomic E-state index is 11.8. The number of anilines is 1. The molecule has 0 amide bonds. The molecule has 1 aliphatic heterocycles. The van der Waals surface area contributed by atoms with E-state index in [1.165, 1.54) is 5.56 Å². The summed E-state index contributed by atoms with van der Waals surface area (Å²) in [5.74, 6) is 0.595. The molecule has 4 heterocycles. The molecule has 9 heteroatoms. The molecule has 0 aliphatic carbocycles. The van der Waals surface area contributed by atoms with E-state index in [4.69, 9.17) is 9.15 Å². The number of esters is 1. The number of cyclic esters (lactones) is 1. The molecule has 32 heavy (non-hydrogen) atoms. The van der Waals surface area contributed by atoms with Gasteiger partial charge in [-0.3, -0.25) is 4.79 Å². The quantitative estimate of drug-likeness (QED) is 0.473. The number of carbonyl (C=O) groups is 1. The molecule has 9 nitrogen and oxygen atoms in total. The Balaban J connectivity index is 1.58. The van der Waals surface area contributed by atoms with Crippen LogP contribution >= 0.6 is 0 Å². The van der Waals surface area contributed by atoms with Crippen molar-refractivity contribution in [1.29, 1.82) is 0 Å². The first-order chi connectivity index (χ1) is 15.5. The molecule has 1 aromatic carbocycles. The third-order valence-electron chi connectivity index (χ3n) is 5.87. The second-order valence-electron chi connectivity index (χ2n) is 8.01. The van der Waals surface area contributed by atoms with Crippen molar-refractivity contribution in [3.8, 4) is 22.9 Å². The fourth-order valence-corrected chi connectivity index (χ4v) is 3.90. The van der Waals surface area contributed by atoms with Crippen molar-refractivity contribution in [3.05, 3.63) is 41.7 Å². The predicted molar refractivity (Wildman–Crippen MR) is 119 cm³/mol. The molecule has 4 aromatic rings. The van der Waals surface area contributed by atoms with E-state index in [1.54, 1.807) is 12.4 Å². The fraction of sp³-hybridized carbons (Fsp3) is 0.348. The molecule has 164 valence electrons. The Bertz CT molecular complexity index is 1310. The lowest BCUT2D eigenvalue weighted by Crippen LogP contribution is -2.31. The standard InChI is InChI=1S/C23H24N6O3/c1-4-29-21-17(12-25-29)20(26-16-7-8-31-19(30)10-16)18(11-24-21)23-28-27-22(32-23)15-6-5-13(2)14(3)9-15/h5-6,9,11-12,16H,4,7-8,10H2,1-3H3,(H,24,26). The molecule has 1 saturated heterocycles. The van der Waals surface area contributed by atoms with Crippen LogP contribution in [0.3, 0.4) is 0 Å². The van der Waals surface area contributed by atoms with Crippen LogP contribution < -0.4 is 5.32 Å². The van der Waals surface area contributed by atoms with Crippen LogP contribution in [0.25, 0.3) is 33.9 Å². The highest BCUT2D eigenvalue weighted by atomic mass is 16.5. The Morgan fingerprint density at radius 3 is 2.78 bits per heavy atom. The smallest absolute Gasteiger partial charge is 0.307 e. The van der Waals surface area contributed by atoms with Gasteiger partial charge in [-0.2, -0.15) is 5.10 Å². The molecule has 0 radical (unpaired) electrons. The van der Waals surface area contributed by atoms with E-state index in [2.05, 4.69) is 39.4 Å². The van der Waals surface area contributed by atoms with Crippen LogP contribution in [-0.4, -0.2) is 43.6 Å². The molecule has 0 spiro atoms. The van der Waals surface area contributed by atoms with Crippen molar-refractivity contribution < 1.29 is 13.9 Å². The molecular formula is C23H24N6O3. The number of pyridine rings is 1. The van der Waals surface area contributed by atoms with Gasteiger partial charge in [-0.1, -0.05) is 6.07 Å². The highest BCUT2D eigenvalue weighted by molar-refractivity contribution is 5.96. The first-order valence-corrected chi connectivity index (χ1v) is 10.7. The van der Waals surface area contributed by atoms with Crippen LogP contribution in [0.1, 0.15) is 30.9 Å². The number of nitrogens with zero attached hydrogens (tertiary/aromatic N) is 5. The minimum absolute atomic E-state index is 0.0623. The monoisotopic (exact) mass is 432 g/mol. The number of hydrogen-bond donors (Lipinski definition) is 1. The van der Waals surface area contributed by atoms with Crippen LogP contribution in [0.2, 0.25) is 0 Å². The second-order valence-corrected chi connectivity index (χ2v) is 8.01. The van der Waals surface area contributed by atoms with Gasteiger partial charge in [0.15, 0.2) is 5.65 Å². The van der Waals surface area contributed by atoms with Crippen molar-refractivity contribution >= 4 is 22.7 Å². The third kappa shape index (κ3) is 3.59. The molecular weight excluding hydrogens is 408 g/mol. The zero-order valence-electron chi connectivity index (χ0n) is 18.3. The largest absolute Gasteiger partial charge is 0.466 e. The number of carbonyl (C=O) groups excluding carboxylic acids is 1. The van der Waals surface area contributed by atoms with E-state index in [-0.39, 0.29) is 12.0 Å². The lowest BCUT2D eigenvalue weighted by molar-refractivity contribution is -0.147. The Hall–Kier alpha value is -3.75. The molecule has 0 saturated carbocycles. The molecule has 1 unspecified atom stereocenters. The van der Waals surface area contributed by atoms with Gasteiger partial charge in [-0.25, -0.2) is 9.67 Å². The van der Waals surface area contributed by atoms with E-state index < -0.39 is 0 Å². The molecule has 1 fully saturated rings. The van der Waals surface area contributed by atoms with E-state index in [9.17, 15) is 4.79 Å². The molecule has 1 N–H and O–H groups in total. The van der Waals surface area contributed by atoms with Gasteiger partial charge in [0.2, 0.25) is 5.89 Å². The summed E-state index contributed by atoms with van der Waals surface area (Å²) >= 11 is 0. The first kappa shape index (κ1) is 20.2. The van der Waals surface area contributed by atoms with E-state index in [1.807, 2.05) is 29.8 Å². The van der Waals surface area contributed by atoms with Gasteiger partial charge in [0.1, 0.15) is 0 Å². The molecule has 3 aromatic heterocycles. The van der Waals surface area contributed by atoms with Crippen molar-refractivity contribution in [2.24, 2.45) is 0 Å². The number of nitrogens with one attached hydrogen (secondary N) is 1. The molecule has 1 aliphatic rings.